The Morgan fingerprint density at radius 3 is 2.39 bits per heavy atom. The summed E-state index contributed by atoms with van der Waals surface area (Å²) in [5.41, 5.74) is 0.700. The number of rotatable bonds is 5. The van der Waals surface area contributed by atoms with Crippen molar-refractivity contribution in [2.24, 2.45) is 0 Å². The molecule has 2 amide bonds. The number of nitrogens with zero attached hydrogens (tertiary/aromatic N) is 2. The Bertz CT molecular complexity index is 992. The Balaban J connectivity index is 1.89. The van der Waals surface area contributed by atoms with Crippen LogP contribution in [-0.4, -0.2) is 46.2 Å². The van der Waals surface area contributed by atoms with Crippen LogP contribution in [-0.2, 0) is 9.53 Å². The summed E-state index contributed by atoms with van der Waals surface area (Å²) in [4.78, 5) is 31.0. The molecule has 2 aromatic rings. The number of carbonyl (C=O) groups excluding carboxylic acids is 2. The summed E-state index contributed by atoms with van der Waals surface area (Å²) in [7, 11) is 0. The topological polar surface area (TPSA) is 71.5 Å². The van der Waals surface area contributed by atoms with Crippen LogP contribution in [0.4, 0.5) is 13.6 Å². The van der Waals surface area contributed by atoms with Gasteiger partial charge in [-0.2, -0.15) is 4.39 Å². The first-order valence-corrected chi connectivity index (χ1v) is 11.1. The van der Waals surface area contributed by atoms with E-state index >= 15 is 0 Å². The van der Waals surface area contributed by atoms with Gasteiger partial charge in [-0.25, -0.2) is 14.2 Å². The molecular formula is C25H31F2N3O3. The molecule has 3 atom stereocenters. The maximum atomic E-state index is 14.6. The molecule has 6 nitrogen and oxygen atoms in total. The fourth-order valence-corrected chi connectivity index (χ4v) is 3.82. The number of alkyl halides is 1. The smallest absolute Gasteiger partial charge is 0.411 e. The summed E-state index contributed by atoms with van der Waals surface area (Å²) < 4.78 is 34.2. The fraction of sp³-hybridized carbons (Fsp3) is 0.480. The lowest BCUT2D eigenvalue weighted by molar-refractivity contribution is -0.126. The highest BCUT2D eigenvalue weighted by atomic mass is 19.1. The molecule has 8 heteroatoms. The zero-order valence-corrected chi connectivity index (χ0v) is 19.6. The van der Waals surface area contributed by atoms with Crippen molar-refractivity contribution in [2.45, 2.75) is 70.8 Å². The number of benzene rings is 1. The molecule has 1 aromatic carbocycles. The Morgan fingerprint density at radius 1 is 1.15 bits per heavy atom. The molecule has 1 N–H and O–H groups in total. The highest BCUT2D eigenvalue weighted by molar-refractivity contribution is 5.87. The minimum absolute atomic E-state index is 0.0429. The van der Waals surface area contributed by atoms with Gasteiger partial charge in [-0.3, -0.25) is 9.69 Å². The monoisotopic (exact) mass is 459 g/mol. The molecule has 3 rings (SSSR count). The third-order valence-corrected chi connectivity index (χ3v) is 5.42. The Kier molecular flexibility index (Phi) is 7.34. The number of hydrogen-bond donors (Lipinski definition) is 1. The van der Waals surface area contributed by atoms with Gasteiger partial charge in [-0.05, 0) is 38.3 Å². The molecule has 1 aliphatic rings. The van der Waals surface area contributed by atoms with Gasteiger partial charge in [0.1, 0.15) is 17.8 Å². The Morgan fingerprint density at radius 2 is 1.82 bits per heavy atom. The first kappa shape index (κ1) is 24.6. The van der Waals surface area contributed by atoms with E-state index in [1.54, 1.807) is 57.2 Å². The second kappa shape index (κ2) is 9.85. The van der Waals surface area contributed by atoms with Crippen molar-refractivity contribution in [3.8, 4) is 0 Å². The van der Waals surface area contributed by atoms with E-state index in [2.05, 4.69) is 10.3 Å². The van der Waals surface area contributed by atoms with E-state index in [1.807, 2.05) is 19.9 Å². The van der Waals surface area contributed by atoms with E-state index in [-0.39, 0.29) is 18.9 Å². The average molecular weight is 460 g/mol. The molecule has 2 heterocycles. The predicted molar refractivity (Wildman–Crippen MR) is 121 cm³/mol. The summed E-state index contributed by atoms with van der Waals surface area (Å²) in [6.07, 6.45) is -2.23. The average Bonchev–Trinajstić information content (AvgIpc) is 3.13. The lowest BCUT2D eigenvalue weighted by atomic mass is 9.99. The number of hydrogen-bond acceptors (Lipinski definition) is 4. The first-order valence-electron chi connectivity index (χ1n) is 11.1. The molecule has 0 radical (unpaired) electrons. The zero-order valence-electron chi connectivity index (χ0n) is 19.6. The lowest BCUT2D eigenvalue weighted by Crippen LogP contribution is -2.48. The highest BCUT2D eigenvalue weighted by Gasteiger charge is 2.42. The Hall–Kier alpha value is -3.03. The largest absolute Gasteiger partial charge is 0.444 e. The molecule has 33 heavy (non-hydrogen) atoms. The van der Waals surface area contributed by atoms with Crippen LogP contribution in [0.2, 0.25) is 0 Å². The van der Waals surface area contributed by atoms with Crippen LogP contribution in [0.5, 0.6) is 0 Å². The van der Waals surface area contributed by atoms with Gasteiger partial charge in [0, 0.05) is 12.0 Å². The minimum atomic E-state index is -1.34. The van der Waals surface area contributed by atoms with E-state index in [1.165, 1.54) is 0 Å². The molecule has 0 bridgehead atoms. The summed E-state index contributed by atoms with van der Waals surface area (Å²) in [6, 6.07) is 10.5. The predicted octanol–water partition coefficient (Wildman–Crippen LogP) is 4.90. The number of pyridine rings is 1. The third-order valence-electron chi connectivity index (χ3n) is 5.42. The van der Waals surface area contributed by atoms with Gasteiger partial charge in [0.15, 0.2) is 0 Å². The normalized spacial score (nSPS) is 19.5. The van der Waals surface area contributed by atoms with Crippen LogP contribution in [0.25, 0.3) is 0 Å². The van der Waals surface area contributed by atoms with E-state index in [4.69, 9.17) is 4.74 Å². The van der Waals surface area contributed by atoms with Crippen molar-refractivity contribution >= 4 is 12.0 Å². The SMILES string of the molecule is CC(C)c1ccc([C@@H](NC(=O)C2CC(F)CN2C(=O)OC(C)(C)C)c2ccccc2)nc1F. The van der Waals surface area contributed by atoms with E-state index < -0.39 is 41.8 Å². The van der Waals surface area contributed by atoms with Crippen LogP contribution in [0.1, 0.15) is 69.8 Å². The van der Waals surface area contributed by atoms with E-state index in [0.29, 0.717) is 16.8 Å². The number of ether oxygens (including phenoxy) is 1. The lowest BCUT2D eigenvalue weighted by Gasteiger charge is -2.29. The van der Waals surface area contributed by atoms with Gasteiger partial charge in [0.05, 0.1) is 18.3 Å². The van der Waals surface area contributed by atoms with Crippen LogP contribution in [0, 0.1) is 5.95 Å². The van der Waals surface area contributed by atoms with Crippen LogP contribution in [0.15, 0.2) is 42.5 Å². The Labute approximate surface area is 193 Å². The molecule has 178 valence electrons. The molecule has 1 aromatic heterocycles. The molecular weight excluding hydrogens is 428 g/mol. The van der Waals surface area contributed by atoms with Crippen LogP contribution < -0.4 is 5.32 Å². The standard InChI is InChI=1S/C25H31F2N3O3/c1-15(2)18-11-12-19(28-22(18)27)21(16-9-7-6-8-10-16)29-23(31)20-13-17(26)14-30(20)24(32)33-25(3,4)5/h6-12,15,17,20-21H,13-14H2,1-5H3,(H,29,31)/t17?,20?,21-/m0/s1. The van der Waals surface area contributed by atoms with Crippen molar-refractivity contribution in [1.82, 2.24) is 15.2 Å². The van der Waals surface area contributed by atoms with Gasteiger partial charge in [-0.1, -0.05) is 50.2 Å². The summed E-state index contributed by atoms with van der Waals surface area (Å²) in [6.45, 7) is 8.63. The second-order valence-corrected chi connectivity index (χ2v) is 9.60. The third kappa shape index (κ3) is 6.06. The molecule has 0 aliphatic carbocycles. The van der Waals surface area contributed by atoms with Crippen molar-refractivity contribution < 1.29 is 23.1 Å². The van der Waals surface area contributed by atoms with Gasteiger partial charge in [0.2, 0.25) is 11.9 Å². The zero-order chi connectivity index (χ0) is 24.3. The molecule has 0 saturated carbocycles. The number of nitrogens with one attached hydrogen (secondary N) is 1. The quantitative estimate of drug-likeness (QED) is 0.646. The fourth-order valence-electron chi connectivity index (χ4n) is 3.82. The van der Waals surface area contributed by atoms with Crippen LogP contribution in [0.3, 0.4) is 0 Å². The summed E-state index contributed by atoms with van der Waals surface area (Å²) in [5.74, 6) is -1.19. The van der Waals surface area contributed by atoms with Crippen molar-refractivity contribution in [1.29, 1.82) is 0 Å². The number of amides is 2. The summed E-state index contributed by atoms with van der Waals surface area (Å²) >= 11 is 0. The number of halogens is 2. The molecule has 1 saturated heterocycles. The molecule has 0 spiro atoms. The van der Waals surface area contributed by atoms with Crippen molar-refractivity contribution in [3.05, 3.63) is 65.2 Å². The first-order chi connectivity index (χ1) is 15.5. The molecule has 1 aliphatic heterocycles. The van der Waals surface area contributed by atoms with Gasteiger partial charge in [0.25, 0.3) is 0 Å². The van der Waals surface area contributed by atoms with Gasteiger partial charge in [-0.15, -0.1) is 0 Å². The number of aromatic nitrogens is 1. The van der Waals surface area contributed by atoms with E-state index in [0.717, 1.165) is 4.90 Å². The minimum Gasteiger partial charge on any atom is -0.444 e. The van der Waals surface area contributed by atoms with Crippen molar-refractivity contribution in [2.75, 3.05) is 6.54 Å². The van der Waals surface area contributed by atoms with E-state index in [9.17, 15) is 18.4 Å². The second-order valence-electron chi connectivity index (χ2n) is 9.60. The number of carbonyl (C=O) groups is 2. The number of likely N-dealkylation sites (tertiary alicyclic amines) is 1. The van der Waals surface area contributed by atoms with Gasteiger partial charge < -0.3 is 10.1 Å². The van der Waals surface area contributed by atoms with Crippen LogP contribution >= 0.6 is 0 Å². The van der Waals surface area contributed by atoms with Gasteiger partial charge >= 0.3 is 6.09 Å². The molecule has 2 unspecified atom stereocenters. The highest BCUT2D eigenvalue weighted by Crippen LogP contribution is 2.27. The maximum Gasteiger partial charge on any atom is 0.411 e. The summed E-state index contributed by atoms with van der Waals surface area (Å²) in [5, 5.41) is 2.85. The van der Waals surface area contributed by atoms with Crippen molar-refractivity contribution in [3.63, 3.8) is 0 Å². The molecule has 1 fully saturated rings. The maximum absolute atomic E-state index is 14.6.